The summed E-state index contributed by atoms with van der Waals surface area (Å²) in [5.41, 5.74) is 0.803. The van der Waals surface area contributed by atoms with Crippen molar-refractivity contribution in [2.75, 3.05) is 32.1 Å². The number of anilines is 1. The molecule has 1 aromatic carbocycles. The van der Waals surface area contributed by atoms with Gasteiger partial charge in [-0.3, -0.25) is 14.4 Å². The van der Waals surface area contributed by atoms with Gasteiger partial charge >= 0.3 is 0 Å². The third-order valence-electron chi connectivity index (χ3n) is 5.89. The molecule has 1 saturated heterocycles. The predicted molar refractivity (Wildman–Crippen MR) is 118 cm³/mol. The number of rotatable bonds is 6. The number of benzene rings is 1. The van der Waals surface area contributed by atoms with Crippen LogP contribution in [0.25, 0.3) is 0 Å². The van der Waals surface area contributed by atoms with Crippen molar-refractivity contribution in [3.05, 3.63) is 53.7 Å². The quantitative estimate of drug-likeness (QED) is 0.628. The SMILES string of the molecule is COc1cccc(CCNC(=O)CN2CCC3(CCC2=O)NC(=O)c2cccnc2N3)c1. The molecule has 1 aromatic heterocycles. The van der Waals surface area contributed by atoms with E-state index in [0.717, 1.165) is 11.3 Å². The number of likely N-dealkylation sites (tertiary alicyclic amines) is 1. The zero-order valence-electron chi connectivity index (χ0n) is 18.0. The lowest BCUT2D eigenvalue weighted by Crippen LogP contribution is -2.58. The summed E-state index contributed by atoms with van der Waals surface area (Å²) >= 11 is 0. The molecule has 2 aliphatic rings. The minimum Gasteiger partial charge on any atom is -0.497 e. The Bertz CT molecular complexity index is 1030. The third-order valence-corrected chi connectivity index (χ3v) is 5.89. The number of hydrogen-bond donors (Lipinski definition) is 3. The van der Waals surface area contributed by atoms with Gasteiger partial charge in [-0.2, -0.15) is 0 Å². The number of nitrogens with zero attached hydrogens (tertiary/aromatic N) is 2. The summed E-state index contributed by atoms with van der Waals surface area (Å²) in [6.07, 6.45) is 3.44. The number of amides is 3. The molecule has 1 fully saturated rings. The summed E-state index contributed by atoms with van der Waals surface area (Å²) < 4.78 is 5.21. The van der Waals surface area contributed by atoms with Crippen molar-refractivity contribution in [2.24, 2.45) is 0 Å². The maximum Gasteiger partial charge on any atom is 0.256 e. The van der Waals surface area contributed by atoms with Gasteiger partial charge in [0.25, 0.3) is 5.91 Å². The number of aromatic nitrogens is 1. The van der Waals surface area contributed by atoms with Gasteiger partial charge in [0.1, 0.15) is 17.2 Å². The van der Waals surface area contributed by atoms with Crippen molar-refractivity contribution in [3.8, 4) is 5.75 Å². The van der Waals surface area contributed by atoms with Crippen LogP contribution < -0.4 is 20.7 Å². The van der Waals surface area contributed by atoms with Crippen molar-refractivity contribution >= 4 is 23.5 Å². The minimum absolute atomic E-state index is 0.00416. The largest absolute Gasteiger partial charge is 0.497 e. The summed E-state index contributed by atoms with van der Waals surface area (Å²) in [4.78, 5) is 43.4. The second-order valence-electron chi connectivity index (χ2n) is 8.08. The lowest BCUT2D eigenvalue weighted by molar-refractivity contribution is -0.135. The maximum absolute atomic E-state index is 12.6. The molecule has 0 aliphatic carbocycles. The van der Waals surface area contributed by atoms with Crippen LogP contribution in [-0.2, 0) is 16.0 Å². The summed E-state index contributed by atoms with van der Waals surface area (Å²) in [7, 11) is 1.62. The van der Waals surface area contributed by atoms with Gasteiger partial charge in [-0.25, -0.2) is 4.98 Å². The Balaban J connectivity index is 1.31. The summed E-state index contributed by atoms with van der Waals surface area (Å²) in [6, 6.07) is 11.1. The zero-order valence-corrected chi connectivity index (χ0v) is 18.0. The van der Waals surface area contributed by atoms with Gasteiger partial charge in [-0.15, -0.1) is 0 Å². The van der Waals surface area contributed by atoms with Crippen LogP contribution in [0.3, 0.4) is 0 Å². The molecule has 1 unspecified atom stereocenters. The average molecular weight is 438 g/mol. The van der Waals surface area contributed by atoms with Crippen LogP contribution >= 0.6 is 0 Å². The average Bonchev–Trinajstić information content (AvgIpc) is 2.93. The Morgan fingerprint density at radius 2 is 2.09 bits per heavy atom. The Labute approximate surface area is 186 Å². The van der Waals surface area contributed by atoms with E-state index in [0.29, 0.717) is 43.7 Å². The lowest BCUT2D eigenvalue weighted by atomic mass is 9.97. The van der Waals surface area contributed by atoms with Crippen LogP contribution in [0.4, 0.5) is 5.82 Å². The van der Waals surface area contributed by atoms with Crippen molar-refractivity contribution in [2.45, 2.75) is 31.3 Å². The van der Waals surface area contributed by atoms with E-state index in [1.54, 1.807) is 30.3 Å². The number of pyridine rings is 1. The van der Waals surface area contributed by atoms with E-state index in [9.17, 15) is 14.4 Å². The monoisotopic (exact) mass is 437 g/mol. The van der Waals surface area contributed by atoms with Crippen LogP contribution in [0.5, 0.6) is 5.75 Å². The molecule has 0 bridgehead atoms. The first kappa shape index (κ1) is 21.6. The Hall–Kier alpha value is -3.62. The van der Waals surface area contributed by atoms with Gasteiger partial charge in [0.2, 0.25) is 11.8 Å². The highest BCUT2D eigenvalue weighted by molar-refractivity contribution is 6.01. The van der Waals surface area contributed by atoms with Crippen molar-refractivity contribution in [1.82, 2.24) is 20.5 Å². The number of fused-ring (bicyclic) bond motifs is 1. The minimum atomic E-state index is -0.744. The highest BCUT2D eigenvalue weighted by Crippen LogP contribution is 2.30. The molecule has 3 amide bonds. The molecular formula is C23H27N5O4. The second-order valence-corrected chi connectivity index (χ2v) is 8.08. The molecule has 168 valence electrons. The molecule has 9 heteroatoms. The number of nitrogens with one attached hydrogen (secondary N) is 3. The number of hydrogen-bond acceptors (Lipinski definition) is 6. The number of ether oxygens (including phenoxy) is 1. The molecule has 3 N–H and O–H groups in total. The zero-order chi connectivity index (χ0) is 22.6. The smallest absolute Gasteiger partial charge is 0.256 e. The van der Waals surface area contributed by atoms with E-state index in [2.05, 4.69) is 20.9 Å². The molecule has 2 aliphatic heterocycles. The molecule has 2 aromatic rings. The normalized spacial score (nSPS) is 20.1. The molecule has 9 nitrogen and oxygen atoms in total. The van der Waals surface area contributed by atoms with Gasteiger partial charge in [-0.05, 0) is 42.7 Å². The summed E-state index contributed by atoms with van der Waals surface area (Å²) in [5.74, 6) is 0.784. The first-order valence-electron chi connectivity index (χ1n) is 10.7. The third kappa shape index (κ3) is 4.82. The van der Waals surface area contributed by atoms with Gasteiger partial charge in [0, 0.05) is 32.1 Å². The van der Waals surface area contributed by atoms with Gasteiger partial charge in [0.05, 0.1) is 19.2 Å². The highest BCUT2D eigenvalue weighted by atomic mass is 16.5. The Morgan fingerprint density at radius 3 is 2.94 bits per heavy atom. The summed E-state index contributed by atoms with van der Waals surface area (Å²) in [5, 5.41) is 9.19. The molecule has 0 saturated carbocycles. The molecule has 1 atom stereocenters. The first-order chi connectivity index (χ1) is 15.5. The predicted octanol–water partition coefficient (Wildman–Crippen LogP) is 1.31. The first-order valence-corrected chi connectivity index (χ1v) is 10.7. The second kappa shape index (κ2) is 9.25. The molecule has 0 radical (unpaired) electrons. The van der Waals surface area contributed by atoms with Crippen LogP contribution in [0, 0.1) is 0 Å². The fourth-order valence-electron chi connectivity index (χ4n) is 4.11. The Kier molecular flexibility index (Phi) is 6.25. The molecule has 3 heterocycles. The fraction of sp³-hybridized carbons (Fsp3) is 0.391. The van der Waals surface area contributed by atoms with Gasteiger partial charge in [0.15, 0.2) is 0 Å². The highest BCUT2D eigenvalue weighted by Gasteiger charge is 2.41. The van der Waals surface area contributed by atoms with Crippen LogP contribution in [-0.4, -0.2) is 60.0 Å². The number of carbonyl (C=O) groups is 3. The maximum atomic E-state index is 12.6. The molecular weight excluding hydrogens is 410 g/mol. The number of methoxy groups -OCH3 is 1. The van der Waals surface area contributed by atoms with E-state index in [1.807, 2.05) is 24.3 Å². The topological polar surface area (TPSA) is 113 Å². The Morgan fingerprint density at radius 1 is 1.22 bits per heavy atom. The van der Waals surface area contributed by atoms with Crippen LogP contribution in [0.2, 0.25) is 0 Å². The fourth-order valence-corrected chi connectivity index (χ4v) is 4.11. The van der Waals surface area contributed by atoms with E-state index < -0.39 is 5.66 Å². The molecule has 4 rings (SSSR count). The van der Waals surface area contributed by atoms with E-state index >= 15 is 0 Å². The van der Waals surface area contributed by atoms with Crippen molar-refractivity contribution in [3.63, 3.8) is 0 Å². The van der Waals surface area contributed by atoms with Crippen molar-refractivity contribution in [1.29, 1.82) is 0 Å². The van der Waals surface area contributed by atoms with Crippen molar-refractivity contribution < 1.29 is 19.1 Å². The standard InChI is InChI=1S/C23H27N5O4/c1-32-17-5-2-4-16(14-17)8-12-24-19(29)15-28-13-10-23(9-7-20(28)30)26-21-18(22(31)27-23)6-3-11-25-21/h2-6,11,14H,7-10,12-13,15H2,1H3,(H,24,29)(H,25,26)(H,27,31). The molecule has 1 spiro atoms. The van der Waals surface area contributed by atoms with Gasteiger partial charge in [-0.1, -0.05) is 12.1 Å². The van der Waals surface area contributed by atoms with E-state index in [1.165, 1.54) is 0 Å². The number of carbonyl (C=O) groups excluding carboxylic acids is 3. The molecule has 32 heavy (non-hydrogen) atoms. The lowest BCUT2D eigenvalue weighted by Gasteiger charge is -2.39. The van der Waals surface area contributed by atoms with Crippen LogP contribution in [0.15, 0.2) is 42.6 Å². The van der Waals surface area contributed by atoms with E-state index in [4.69, 9.17) is 4.74 Å². The van der Waals surface area contributed by atoms with E-state index in [-0.39, 0.29) is 30.7 Å². The van der Waals surface area contributed by atoms with Gasteiger partial charge < -0.3 is 25.6 Å². The summed E-state index contributed by atoms with van der Waals surface area (Å²) in [6.45, 7) is 0.825. The van der Waals surface area contributed by atoms with Crippen LogP contribution in [0.1, 0.15) is 35.2 Å².